The normalized spacial score (nSPS) is 32.0. The number of allylic oxidation sites excluding steroid dienone is 2. The van der Waals surface area contributed by atoms with Gasteiger partial charge >= 0.3 is 0 Å². The number of hydrogen-bond donors (Lipinski definition) is 0. The Hall–Kier alpha value is 0.0900. The smallest absolute Gasteiger partial charge is 0.0828 e. The van der Waals surface area contributed by atoms with Crippen LogP contribution in [0.3, 0.4) is 0 Å². The monoisotopic (exact) mass is 312 g/mol. The van der Waals surface area contributed by atoms with Gasteiger partial charge in [-0.25, -0.2) is 0 Å². The van der Waals surface area contributed by atoms with Gasteiger partial charge in [-0.05, 0) is 54.6 Å². The van der Waals surface area contributed by atoms with E-state index in [-0.39, 0.29) is 0 Å². The first-order valence-electron chi connectivity index (χ1n) is 6.85. The highest BCUT2D eigenvalue weighted by Gasteiger charge is 2.39. The van der Waals surface area contributed by atoms with Crippen LogP contribution >= 0.6 is 33.6 Å². The van der Waals surface area contributed by atoms with Crippen LogP contribution in [-0.4, -0.2) is 28.6 Å². The summed E-state index contributed by atoms with van der Waals surface area (Å²) in [7, 11) is -0.890. The Morgan fingerprint density at radius 3 is 2.74 bits per heavy atom. The molecule has 0 aromatic rings. The second-order valence-electron chi connectivity index (χ2n) is 5.26. The van der Waals surface area contributed by atoms with Crippen LogP contribution < -0.4 is 0 Å². The lowest BCUT2D eigenvalue weighted by molar-refractivity contribution is 0.668. The molecule has 0 saturated carbocycles. The van der Waals surface area contributed by atoms with Crippen LogP contribution in [0.1, 0.15) is 32.6 Å². The fourth-order valence-electron chi connectivity index (χ4n) is 2.87. The SMILES string of the molecule is CCC#CS1(C)C=CC2=C(C1)C(SC)(SC)CCC2. The molecule has 0 aromatic carbocycles. The molecule has 1 aliphatic carbocycles. The molecule has 0 N–H and O–H groups in total. The molecule has 0 amide bonds. The van der Waals surface area contributed by atoms with Gasteiger partial charge in [-0.1, -0.05) is 24.2 Å². The molecule has 0 saturated heterocycles. The molecule has 0 spiro atoms. The largest absolute Gasteiger partial charge is 0.156 e. The Morgan fingerprint density at radius 2 is 2.11 bits per heavy atom. The zero-order valence-electron chi connectivity index (χ0n) is 12.4. The van der Waals surface area contributed by atoms with Gasteiger partial charge in [-0.2, -0.15) is 10.0 Å². The standard InChI is InChI=1S/C16H24S3/c1-5-6-11-19(4)12-9-14-8-7-10-16(17-2,18-3)15(14)13-19/h9,12H,5,7-8,10,13H2,1-4H3. The third-order valence-electron chi connectivity index (χ3n) is 3.95. The van der Waals surface area contributed by atoms with E-state index in [4.69, 9.17) is 0 Å². The van der Waals surface area contributed by atoms with Crippen molar-refractivity contribution >= 4 is 33.6 Å². The van der Waals surface area contributed by atoms with E-state index in [2.05, 4.69) is 48.3 Å². The van der Waals surface area contributed by atoms with Crippen LogP contribution in [0, 0.1) is 11.2 Å². The molecule has 2 rings (SSSR count). The minimum Gasteiger partial charge on any atom is -0.156 e. The van der Waals surface area contributed by atoms with E-state index < -0.39 is 10.0 Å². The van der Waals surface area contributed by atoms with Gasteiger partial charge in [0.05, 0.1) is 4.08 Å². The summed E-state index contributed by atoms with van der Waals surface area (Å²) in [6.45, 7) is 2.14. The highest BCUT2D eigenvalue weighted by atomic mass is 32.3. The third kappa shape index (κ3) is 3.06. The van der Waals surface area contributed by atoms with Gasteiger partial charge < -0.3 is 0 Å². The van der Waals surface area contributed by atoms with Gasteiger partial charge in [0.2, 0.25) is 0 Å². The lowest BCUT2D eigenvalue weighted by Gasteiger charge is -2.44. The maximum atomic E-state index is 3.56. The van der Waals surface area contributed by atoms with Crippen molar-refractivity contribution in [1.29, 1.82) is 0 Å². The van der Waals surface area contributed by atoms with E-state index in [1.807, 2.05) is 23.5 Å². The van der Waals surface area contributed by atoms with Crippen molar-refractivity contribution in [1.82, 2.24) is 0 Å². The summed E-state index contributed by atoms with van der Waals surface area (Å²) in [6.07, 6.45) is 14.2. The first-order chi connectivity index (χ1) is 9.09. The predicted octanol–water partition coefficient (Wildman–Crippen LogP) is 5.22. The molecule has 0 radical (unpaired) electrons. The molecular weight excluding hydrogens is 288 g/mol. The van der Waals surface area contributed by atoms with Crippen LogP contribution in [0.15, 0.2) is 22.6 Å². The second-order valence-corrected chi connectivity index (χ2v) is 10.8. The molecule has 0 nitrogen and oxygen atoms in total. The first kappa shape index (κ1) is 15.5. The van der Waals surface area contributed by atoms with Crippen LogP contribution in [0.2, 0.25) is 0 Å². The first-order valence-corrected chi connectivity index (χ1v) is 11.6. The maximum absolute atomic E-state index is 3.56. The molecule has 106 valence electrons. The summed E-state index contributed by atoms with van der Waals surface area (Å²) >= 11 is 4.08. The Morgan fingerprint density at radius 1 is 1.37 bits per heavy atom. The van der Waals surface area contributed by atoms with Crippen molar-refractivity contribution in [3.63, 3.8) is 0 Å². The molecule has 2 aliphatic rings. The van der Waals surface area contributed by atoms with Crippen LogP contribution in [0.5, 0.6) is 0 Å². The Balaban J connectivity index is 2.36. The van der Waals surface area contributed by atoms with Crippen LogP contribution in [0.4, 0.5) is 0 Å². The lowest BCUT2D eigenvalue weighted by atomic mass is 9.91. The molecule has 0 bridgehead atoms. The van der Waals surface area contributed by atoms with Crippen molar-refractivity contribution in [2.24, 2.45) is 0 Å². The van der Waals surface area contributed by atoms with Gasteiger partial charge in [0.25, 0.3) is 0 Å². The van der Waals surface area contributed by atoms with E-state index in [9.17, 15) is 0 Å². The second kappa shape index (κ2) is 6.24. The molecule has 0 fully saturated rings. The van der Waals surface area contributed by atoms with E-state index in [0.29, 0.717) is 4.08 Å². The van der Waals surface area contributed by atoms with Crippen LogP contribution in [-0.2, 0) is 0 Å². The molecule has 19 heavy (non-hydrogen) atoms. The Labute approximate surface area is 128 Å². The number of thioether (sulfide) groups is 2. The van der Waals surface area contributed by atoms with E-state index >= 15 is 0 Å². The van der Waals surface area contributed by atoms with Crippen molar-refractivity contribution in [3.05, 3.63) is 22.6 Å². The molecule has 1 unspecified atom stereocenters. The van der Waals surface area contributed by atoms with Crippen molar-refractivity contribution in [3.8, 4) is 11.2 Å². The maximum Gasteiger partial charge on any atom is 0.0828 e. The number of hydrogen-bond acceptors (Lipinski definition) is 2. The average molecular weight is 313 g/mol. The third-order valence-corrected chi connectivity index (χ3v) is 9.41. The fraction of sp³-hybridized carbons (Fsp3) is 0.625. The lowest BCUT2D eigenvalue weighted by Crippen LogP contribution is -2.31. The molecule has 1 heterocycles. The van der Waals surface area contributed by atoms with E-state index in [1.165, 1.54) is 25.0 Å². The molecule has 1 aliphatic heterocycles. The summed E-state index contributed by atoms with van der Waals surface area (Å²) in [5.74, 6) is 4.52. The van der Waals surface area contributed by atoms with Gasteiger partial charge in [-0.15, -0.1) is 23.5 Å². The van der Waals surface area contributed by atoms with Crippen molar-refractivity contribution in [2.45, 2.75) is 36.7 Å². The topological polar surface area (TPSA) is 0 Å². The van der Waals surface area contributed by atoms with E-state index in [1.54, 1.807) is 11.1 Å². The Kier molecular flexibility index (Phi) is 5.09. The molecule has 3 heteroatoms. The highest BCUT2D eigenvalue weighted by Crippen LogP contribution is 2.58. The summed E-state index contributed by atoms with van der Waals surface area (Å²) in [5, 5.41) is 5.98. The van der Waals surface area contributed by atoms with E-state index in [0.717, 1.165) is 6.42 Å². The van der Waals surface area contributed by atoms with Gasteiger partial charge in [0, 0.05) is 12.2 Å². The van der Waals surface area contributed by atoms with Gasteiger partial charge in [0.1, 0.15) is 0 Å². The fourth-order valence-corrected chi connectivity index (χ4v) is 7.52. The molecular formula is C16H24S3. The summed E-state index contributed by atoms with van der Waals surface area (Å²) in [6, 6.07) is 0. The molecule has 1 atom stereocenters. The van der Waals surface area contributed by atoms with Crippen molar-refractivity contribution in [2.75, 3.05) is 24.5 Å². The minimum atomic E-state index is -0.890. The summed E-state index contributed by atoms with van der Waals surface area (Å²) in [5.41, 5.74) is 3.31. The van der Waals surface area contributed by atoms with Crippen LogP contribution in [0.25, 0.3) is 0 Å². The van der Waals surface area contributed by atoms with Crippen molar-refractivity contribution < 1.29 is 0 Å². The molecule has 0 aromatic heterocycles. The minimum absolute atomic E-state index is 0.320. The van der Waals surface area contributed by atoms with Gasteiger partial charge in [-0.3, -0.25) is 0 Å². The quantitative estimate of drug-likeness (QED) is 0.506. The average Bonchev–Trinajstić information content (AvgIpc) is 2.45. The summed E-state index contributed by atoms with van der Waals surface area (Å²) < 4.78 is 0.320. The van der Waals surface area contributed by atoms with Gasteiger partial charge in [0.15, 0.2) is 0 Å². The Bertz CT molecular complexity index is 460. The zero-order valence-corrected chi connectivity index (χ0v) is 14.9. The summed E-state index contributed by atoms with van der Waals surface area (Å²) in [4.78, 5) is 0. The predicted molar refractivity (Wildman–Crippen MR) is 96.2 cm³/mol. The zero-order chi connectivity index (χ0) is 13.9. The highest BCUT2D eigenvalue weighted by molar-refractivity contribution is 8.39. The number of rotatable bonds is 2.